The minimum atomic E-state index is -0.967. The third-order valence-electron chi connectivity index (χ3n) is 9.79. The number of amides is 3. The molecule has 0 bridgehead atoms. The van der Waals surface area contributed by atoms with Gasteiger partial charge in [0.2, 0.25) is 11.8 Å². The molecule has 2 N–H and O–H groups in total. The largest absolute Gasteiger partial charge is 0.456 e. The number of nitro groups is 2. The lowest BCUT2D eigenvalue weighted by Crippen LogP contribution is -2.63. The van der Waals surface area contributed by atoms with Crippen LogP contribution in [0, 0.1) is 32.1 Å². The van der Waals surface area contributed by atoms with Gasteiger partial charge in [-0.2, -0.15) is 0 Å². The summed E-state index contributed by atoms with van der Waals surface area (Å²) in [6.07, 6.45) is 2.01. The smallest absolute Gasteiger partial charge is 0.410 e. The Hall–Kier alpha value is -5.53. The Balaban J connectivity index is 1.19. The van der Waals surface area contributed by atoms with Crippen LogP contribution < -0.4 is 5.32 Å². The van der Waals surface area contributed by atoms with Gasteiger partial charge in [0.05, 0.1) is 39.7 Å². The number of nitrogens with zero attached hydrogens (tertiary/aromatic N) is 5. The zero-order valence-corrected chi connectivity index (χ0v) is 31.9. The molecule has 0 aliphatic carbocycles. The number of nitro benzene ring substituents is 2. The second kappa shape index (κ2) is 17.5. The SMILES string of the molecule is C[C@@H](O)[C@H]1C(=O)N2C(C(=O)OCc3ccc([N+](=O)[O-])cc3)=C(S[C@H]3C[C@@H](CNC(=O)CSc4ccncc4)N(C(=O)OCc4ccc([N+](=O)[O-])cc4)C3)[C@H](C)[C@H]12. The third-order valence-corrected chi connectivity index (χ3v) is 12.3. The molecule has 3 aliphatic rings. The van der Waals surface area contributed by atoms with Crippen molar-refractivity contribution >= 4 is 58.8 Å². The topological polar surface area (TPSA) is 225 Å². The summed E-state index contributed by atoms with van der Waals surface area (Å²) in [4.78, 5) is 82.9. The van der Waals surface area contributed by atoms with Crippen molar-refractivity contribution in [2.24, 2.45) is 11.8 Å². The van der Waals surface area contributed by atoms with Gasteiger partial charge in [0.25, 0.3) is 11.4 Å². The summed E-state index contributed by atoms with van der Waals surface area (Å²) >= 11 is 2.66. The predicted molar refractivity (Wildman–Crippen MR) is 203 cm³/mol. The highest BCUT2D eigenvalue weighted by Crippen LogP contribution is 2.52. The number of thioether (sulfide) groups is 2. The number of hydrogen-bond donors (Lipinski definition) is 2. The zero-order valence-electron chi connectivity index (χ0n) is 30.2. The molecule has 0 unspecified atom stereocenters. The molecule has 0 radical (unpaired) electrons. The second-order valence-corrected chi connectivity index (χ2v) is 15.9. The number of carbonyl (C=O) groups is 4. The molecule has 17 nitrogen and oxygen atoms in total. The van der Waals surface area contributed by atoms with Gasteiger partial charge in [0.15, 0.2) is 0 Å². The number of aliphatic hydroxyl groups is 1. The van der Waals surface area contributed by atoms with E-state index in [4.69, 9.17) is 9.47 Å². The molecule has 56 heavy (non-hydrogen) atoms. The first-order valence-electron chi connectivity index (χ1n) is 17.6. The van der Waals surface area contributed by atoms with E-state index in [2.05, 4.69) is 10.3 Å². The van der Waals surface area contributed by atoms with Crippen molar-refractivity contribution in [2.75, 3.05) is 18.8 Å². The number of aliphatic hydroxyl groups excluding tert-OH is 1. The van der Waals surface area contributed by atoms with E-state index in [-0.39, 0.29) is 66.2 Å². The van der Waals surface area contributed by atoms with Crippen molar-refractivity contribution in [3.8, 4) is 0 Å². The molecule has 1 aromatic heterocycles. The normalized spacial score (nSPS) is 21.9. The summed E-state index contributed by atoms with van der Waals surface area (Å²) in [5, 5.41) is 35.2. The number of nitrogens with one attached hydrogen (secondary N) is 1. The van der Waals surface area contributed by atoms with Crippen LogP contribution in [-0.4, -0.2) is 95.9 Å². The fraction of sp³-hybridized carbons (Fsp3) is 0.378. The van der Waals surface area contributed by atoms with Gasteiger partial charge >= 0.3 is 12.1 Å². The number of β-lactam (4-membered cyclic amide) rings is 1. The predicted octanol–water partition coefficient (Wildman–Crippen LogP) is 4.43. The number of likely N-dealkylation sites (tertiary alicyclic amines) is 1. The summed E-state index contributed by atoms with van der Waals surface area (Å²) in [5.41, 5.74) is 0.866. The van der Waals surface area contributed by atoms with Gasteiger partial charge in [-0.25, -0.2) is 9.59 Å². The van der Waals surface area contributed by atoms with Crippen LogP contribution in [0.4, 0.5) is 16.2 Å². The molecule has 4 heterocycles. The summed E-state index contributed by atoms with van der Waals surface area (Å²) in [7, 11) is 0. The summed E-state index contributed by atoms with van der Waals surface area (Å²) < 4.78 is 11.3. The van der Waals surface area contributed by atoms with Gasteiger partial charge in [-0.15, -0.1) is 23.5 Å². The maximum atomic E-state index is 13.8. The number of ether oxygens (including phenoxy) is 2. The van der Waals surface area contributed by atoms with Crippen molar-refractivity contribution in [1.29, 1.82) is 0 Å². The zero-order chi connectivity index (χ0) is 40.1. The van der Waals surface area contributed by atoms with Crippen LogP contribution in [0.15, 0.2) is 88.6 Å². The first-order valence-corrected chi connectivity index (χ1v) is 19.5. The number of aromatic nitrogens is 1. The highest BCUT2D eigenvalue weighted by atomic mass is 32.2. The lowest BCUT2D eigenvalue weighted by atomic mass is 9.79. The number of fused-ring (bicyclic) bond motifs is 1. The van der Waals surface area contributed by atoms with Crippen molar-refractivity contribution in [2.45, 2.75) is 61.8 Å². The number of esters is 1. The Labute approximate surface area is 329 Å². The molecule has 3 aliphatic heterocycles. The monoisotopic (exact) mass is 806 g/mol. The Morgan fingerprint density at radius 3 is 2.12 bits per heavy atom. The van der Waals surface area contributed by atoms with Crippen LogP contribution in [0.25, 0.3) is 0 Å². The molecule has 2 aromatic carbocycles. The number of carbonyl (C=O) groups excluding carboxylic acids is 4. The molecular weight excluding hydrogens is 769 g/mol. The van der Waals surface area contributed by atoms with Crippen LogP contribution in [-0.2, 0) is 37.1 Å². The second-order valence-electron chi connectivity index (χ2n) is 13.5. The van der Waals surface area contributed by atoms with Gasteiger partial charge < -0.3 is 29.7 Å². The van der Waals surface area contributed by atoms with Crippen molar-refractivity contribution < 1.29 is 43.6 Å². The molecule has 3 amide bonds. The maximum Gasteiger partial charge on any atom is 0.410 e. The van der Waals surface area contributed by atoms with E-state index >= 15 is 0 Å². The maximum absolute atomic E-state index is 13.8. The van der Waals surface area contributed by atoms with Crippen LogP contribution in [0.2, 0.25) is 0 Å². The van der Waals surface area contributed by atoms with Crippen LogP contribution in [0.1, 0.15) is 31.4 Å². The molecule has 6 atom stereocenters. The molecule has 2 fully saturated rings. The fourth-order valence-electron chi connectivity index (χ4n) is 6.96. The van der Waals surface area contributed by atoms with Gasteiger partial charge in [0.1, 0.15) is 18.9 Å². The third kappa shape index (κ3) is 8.95. The van der Waals surface area contributed by atoms with E-state index in [0.29, 0.717) is 22.5 Å². The Bertz CT molecular complexity index is 2020. The number of rotatable bonds is 15. The number of non-ortho nitro benzene ring substituents is 2. The first-order chi connectivity index (χ1) is 26.8. The Kier molecular flexibility index (Phi) is 12.6. The average Bonchev–Trinajstić information content (AvgIpc) is 3.70. The van der Waals surface area contributed by atoms with Gasteiger partial charge in [-0.1, -0.05) is 6.92 Å². The van der Waals surface area contributed by atoms with E-state index in [1.165, 1.54) is 88.8 Å². The summed E-state index contributed by atoms with van der Waals surface area (Å²) in [6, 6.07) is 13.7. The van der Waals surface area contributed by atoms with Crippen molar-refractivity contribution in [3.05, 3.63) is 115 Å². The van der Waals surface area contributed by atoms with Gasteiger partial charge in [0, 0.05) is 70.7 Å². The minimum absolute atomic E-state index is 0.0495. The molecule has 0 saturated carbocycles. The molecule has 3 aromatic rings. The summed E-state index contributed by atoms with van der Waals surface area (Å²) in [5.74, 6) is -2.41. The molecule has 19 heteroatoms. The molecule has 2 saturated heterocycles. The van der Waals surface area contributed by atoms with E-state index in [1.807, 2.05) is 6.92 Å². The quantitative estimate of drug-likeness (QED) is 0.0713. The lowest BCUT2D eigenvalue weighted by molar-refractivity contribution is -0.385. The first kappa shape index (κ1) is 40.1. The standard InChI is InChI=1S/C37H38N6O11S2/c1-21-32-31(22(2)44)35(46)41(32)33(36(47)53-18-23-3-7-25(8-4-23)42(49)50)34(21)56-29-15-27(16-39-30(45)20-55-28-11-13-38-14-12-28)40(17-29)37(48)54-19-24-5-9-26(10-6-24)43(51)52/h3-14,21-22,27,29,31-32,44H,15-20H2,1-2H3,(H,39,45)/t21-,22-,27+,29+,31-,32-/m1/s1. The number of hydrogen-bond acceptors (Lipinski definition) is 14. The van der Waals surface area contributed by atoms with E-state index in [1.54, 1.807) is 24.5 Å². The average molecular weight is 807 g/mol. The van der Waals surface area contributed by atoms with Crippen molar-refractivity contribution in [1.82, 2.24) is 20.1 Å². The lowest BCUT2D eigenvalue weighted by Gasteiger charge is -2.46. The van der Waals surface area contributed by atoms with Crippen LogP contribution in [0.5, 0.6) is 0 Å². The van der Waals surface area contributed by atoms with Gasteiger partial charge in [-0.05, 0) is 60.9 Å². The molecule has 0 spiro atoms. The van der Waals surface area contributed by atoms with Gasteiger partial charge in [-0.3, -0.25) is 34.8 Å². The number of pyridine rings is 1. The molecule has 294 valence electrons. The van der Waals surface area contributed by atoms with Crippen LogP contribution in [0.3, 0.4) is 0 Å². The minimum Gasteiger partial charge on any atom is -0.456 e. The van der Waals surface area contributed by atoms with Crippen molar-refractivity contribution in [3.63, 3.8) is 0 Å². The highest BCUT2D eigenvalue weighted by molar-refractivity contribution is 8.03. The highest BCUT2D eigenvalue weighted by Gasteiger charge is 2.60. The Morgan fingerprint density at radius 2 is 1.55 bits per heavy atom. The Morgan fingerprint density at radius 1 is 0.964 bits per heavy atom. The molecular formula is C37H38N6O11S2. The van der Waals surface area contributed by atoms with E-state index in [0.717, 1.165) is 4.90 Å². The summed E-state index contributed by atoms with van der Waals surface area (Å²) in [6.45, 7) is 3.29. The number of benzene rings is 2. The van der Waals surface area contributed by atoms with Crippen LogP contribution >= 0.6 is 23.5 Å². The van der Waals surface area contributed by atoms with E-state index < -0.39 is 51.9 Å². The molecule has 6 rings (SSSR count). The fourth-order valence-corrected chi connectivity index (χ4v) is 9.24. The van der Waals surface area contributed by atoms with E-state index in [9.17, 15) is 44.5 Å².